The normalized spacial score (nSPS) is 9.75. The highest BCUT2D eigenvalue weighted by Crippen LogP contribution is 2.27. The van der Waals surface area contributed by atoms with Gasteiger partial charge in [0.15, 0.2) is 0 Å². The first-order valence-corrected chi connectivity index (χ1v) is 7.30. The Kier molecular flexibility index (Phi) is 10.5. The van der Waals surface area contributed by atoms with Crippen molar-refractivity contribution < 1.29 is 9.53 Å². The number of rotatable bonds is 8. The van der Waals surface area contributed by atoms with Crippen molar-refractivity contribution in [3.63, 3.8) is 0 Å². The molecule has 1 amide bonds. The van der Waals surface area contributed by atoms with E-state index in [2.05, 4.69) is 21.2 Å². The van der Waals surface area contributed by atoms with Crippen molar-refractivity contribution in [2.24, 2.45) is 5.73 Å². The van der Waals surface area contributed by atoms with Crippen LogP contribution in [0.1, 0.15) is 32.1 Å². The minimum absolute atomic E-state index is 0. The van der Waals surface area contributed by atoms with Crippen LogP contribution >= 0.6 is 28.3 Å². The van der Waals surface area contributed by atoms with Gasteiger partial charge in [0.25, 0.3) is 0 Å². The minimum Gasteiger partial charge on any atom is -0.497 e. The Morgan fingerprint density at radius 3 is 2.65 bits per heavy atom. The molecular formula is C14H22BrClN2O2. The number of nitrogens with two attached hydrogens (primary N) is 1. The summed E-state index contributed by atoms with van der Waals surface area (Å²) in [6, 6.07) is 5.50. The molecule has 0 aliphatic carbocycles. The summed E-state index contributed by atoms with van der Waals surface area (Å²) >= 11 is 3.41. The largest absolute Gasteiger partial charge is 0.497 e. The zero-order chi connectivity index (χ0) is 14.1. The number of benzene rings is 1. The van der Waals surface area contributed by atoms with Gasteiger partial charge < -0.3 is 15.8 Å². The molecule has 1 aromatic carbocycles. The molecule has 0 fully saturated rings. The minimum atomic E-state index is 0. The lowest BCUT2D eigenvalue weighted by atomic mass is 10.1. The number of hydrogen-bond donors (Lipinski definition) is 2. The van der Waals surface area contributed by atoms with Crippen molar-refractivity contribution in [1.29, 1.82) is 0 Å². The third-order valence-electron chi connectivity index (χ3n) is 2.81. The van der Waals surface area contributed by atoms with Gasteiger partial charge in [0.2, 0.25) is 5.91 Å². The average molecular weight is 366 g/mol. The third-order valence-corrected chi connectivity index (χ3v) is 3.50. The highest BCUT2D eigenvalue weighted by atomic mass is 79.9. The van der Waals surface area contributed by atoms with E-state index in [0.29, 0.717) is 6.42 Å². The fourth-order valence-electron chi connectivity index (χ4n) is 1.72. The van der Waals surface area contributed by atoms with Crippen LogP contribution in [0.5, 0.6) is 5.75 Å². The number of hydrogen-bond acceptors (Lipinski definition) is 3. The third kappa shape index (κ3) is 7.12. The summed E-state index contributed by atoms with van der Waals surface area (Å²) in [4.78, 5) is 11.8. The SMILES string of the molecule is COc1ccc(Br)c(NC(=O)CCCCCCN)c1.Cl. The molecule has 0 aliphatic rings. The molecule has 0 spiro atoms. The Morgan fingerprint density at radius 1 is 1.30 bits per heavy atom. The summed E-state index contributed by atoms with van der Waals surface area (Å²) in [6.07, 6.45) is 4.60. The monoisotopic (exact) mass is 364 g/mol. The average Bonchev–Trinajstić information content (AvgIpc) is 2.41. The molecule has 3 N–H and O–H groups in total. The van der Waals surface area contributed by atoms with Gasteiger partial charge in [-0.15, -0.1) is 12.4 Å². The van der Waals surface area contributed by atoms with E-state index in [4.69, 9.17) is 10.5 Å². The lowest BCUT2D eigenvalue weighted by Gasteiger charge is -2.09. The van der Waals surface area contributed by atoms with Crippen molar-refractivity contribution in [2.45, 2.75) is 32.1 Å². The van der Waals surface area contributed by atoms with Crippen molar-refractivity contribution in [3.05, 3.63) is 22.7 Å². The number of anilines is 1. The van der Waals surface area contributed by atoms with Crippen LogP contribution in [0.3, 0.4) is 0 Å². The zero-order valence-corrected chi connectivity index (χ0v) is 14.1. The van der Waals surface area contributed by atoms with Gasteiger partial charge in [-0.05, 0) is 47.4 Å². The Morgan fingerprint density at radius 2 is 2.00 bits per heavy atom. The van der Waals surface area contributed by atoms with Crippen LogP contribution in [0.4, 0.5) is 5.69 Å². The van der Waals surface area contributed by atoms with Crippen LogP contribution in [0.25, 0.3) is 0 Å². The summed E-state index contributed by atoms with van der Waals surface area (Å²) < 4.78 is 5.98. The van der Waals surface area contributed by atoms with Crippen LogP contribution < -0.4 is 15.8 Å². The first-order valence-electron chi connectivity index (χ1n) is 6.51. The lowest BCUT2D eigenvalue weighted by Crippen LogP contribution is -2.11. The Bertz CT molecular complexity index is 416. The number of amides is 1. The van der Waals surface area contributed by atoms with Crippen molar-refractivity contribution in [2.75, 3.05) is 19.0 Å². The van der Waals surface area contributed by atoms with Gasteiger partial charge in [0.05, 0.1) is 12.8 Å². The van der Waals surface area contributed by atoms with E-state index in [-0.39, 0.29) is 18.3 Å². The Hall–Kier alpha value is -0.780. The van der Waals surface area contributed by atoms with E-state index in [0.717, 1.165) is 48.1 Å². The van der Waals surface area contributed by atoms with Gasteiger partial charge in [-0.2, -0.15) is 0 Å². The molecule has 1 rings (SSSR count). The molecule has 0 unspecified atom stereocenters. The van der Waals surface area contributed by atoms with E-state index in [1.165, 1.54) is 0 Å². The van der Waals surface area contributed by atoms with Gasteiger partial charge in [-0.1, -0.05) is 12.8 Å². The topological polar surface area (TPSA) is 64.3 Å². The molecule has 0 saturated heterocycles. The fourth-order valence-corrected chi connectivity index (χ4v) is 2.07. The van der Waals surface area contributed by atoms with E-state index < -0.39 is 0 Å². The number of carbonyl (C=O) groups is 1. The molecule has 4 nitrogen and oxygen atoms in total. The predicted molar refractivity (Wildman–Crippen MR) is 88.7 cm³/mol. The lowest BCUT2D eigenvalue weighted by molar-refractivity contribution is -0.116. The second-order valence-corrected chi connectivity index (χ2v) is 5.20. The molecule has 0 aliphatic heterocycles. The molecule has 0 atom stereocenters. The van der Waals surface area contributed by atoms with Crippen LogP contribution in [0, 0.1) is 0 Å². The number of carbonyl (C=O) groups excluding carboxylic acids is 1. The summed E-state index contributed by atoms with van der Waals surface area (Å²) in [5, 5.41) is 2.89. The van der Waals surface area contributed by atoms with Crippen LogP contribution in [0.2, 0.25) is 0 Å². The summed E-state index contributed by atoms with van der Waals surface area (Å²) in [5.74, 6) is 0.753. The van der Waals surface area contributed by atoms with Crippen molar-refractivity contribution in [3.8, 4) is 5.75 Å². The van der Waals surface area contributed by atoms with Crippen LogP contribution in [0.15, 0.2) is 22.7 Å². The number of methoxy groups -OCH3 is 1. The smallest absolute Gasteiger partial charge is 0.224 e. The van der Waals surface area contributed by atoms with Crippen molar-refractivity contribution in [1.82, 2.24) is 0 Å². The Balaban J connectivity index is 0.00000361. The van der Waals surface area contributed by atoms with Gasteiger partial charge in [0, 0.05) is 17.0 Å². The first kappa shape index (κ1) is 19.2. The van der Waals surface area contributed by atoms with E-state index in [9.17, 15) is 4.79 Å². The van der Waals surface area contributed by atoms with E-state index in [1.54, 1.807) is 13.2 Å². The standard InChI is InChI=1S/C14H21BrN2O2.ClH/c1-19-11-7-8-12(15)13(10-11)17-14(18)6-4-2-3-5-9-16;/h7-8,10H,2-6,9,16H2,1H3,(H,17,18);1H. The highest BCUT2D eigenvalue weighted by Gasteiger charge is 2.06. The second kappa shape index (κ2) is 10.9. The maximum Gasteiger partial charge on any atom is 0.224 e. The summed E-state index contributed by atoms with van der Waals surface area (Å²) in [7, 11) is 1.60. The molecule has 0 radical (unpaired) electrons. The molecule has 114 valence electrons. The summed E-state index contributed by atoms with van der Waals surface area (Å²) in [6.45, 7) is 0.725. The van der Waals surface area contributed by atoms with Crippen LogP contribution in [-0.2, 0) is 4.79 Å². The second-order valence-electron chi connectivity index (χ2n) is 4.35. The van der Waals surface area contributed by atoms with Gasteiger partial charge in [-0.3, -0.25) is 4.79 Å². The Labute approximate surface area is 135 Å². The number of unbranched alkanes of at least 4 members (excludes halogenated alkanes) is 3. The van der Waals surface area contributed by atoms with Gasteiger partial charge in [0.1, 0.15) is 5.75 Å². The van der Waals surface area contributed by atoms with E-state index in [1.807, 2.05) is 12.1 Å². The van der Waals surface area contributed by atoms with Crippen LogP contribution in [-0.4, -0.2) is 19.6 Å². The van der Waals surface area contributed by atoms with E-state index >= 15 is 0 Å². The predicted octanol–water partition coefficient (Wildman–Crippen LogP) is 3.73. The fraction of sp³-hybridized carbons (Fsp3) is 0.500. The van der Waals surface area contributed by atoms with Gasteiger partial charge >= 0.3 is 0 Å². The molecule has 0 bridgehead atoms. The maximum absolute atomic E-state index is 11.8. The molecule has 0 aromatic heterocycles. The molecule has 6 heteroatoms. The first-order chi connectivity index (χ1) is 9.17. The van der Waals surface area contributed by atoms with Gasteiger partial charge in [-0.25, -0.2) is 0 Å². The number of nitrogens with one attached hydrogen (secondary N) is 1. The quantitative estimate of drug-likeness (QED) is 0.690. The summed E-state index contributed by atoms with van der Waals surface area (Å²) in [5.41, 5.74) is 6.16. The number of halogens is 2. The van der Waals surface area contributed by atoms with Crippen molar-refractivity contribution >= 4 is 39.9 Å². The number of ether oxygens (including phenoxy) is 1. The molecule has 0 saturated carbocycles. The molecular weight excluding hydrogens is 344 g/mol. The maximum atomic E-state index is 11.8. The molecule has 1 aromatic rings. The zero-order valence-electron chi connectivity index (χ0n) is 11.7. The highest BCUT2D eigenvalue weighted by molar-refractivity contribution is 9.10. The molecule has 20 heavy (non-hydrogen) atoms. The molecule has 0 heterocycles.